The van der Waals surface area contributed by atoms with Crippen molar-refractivity contribution >= 4 is 41.3 Å². The van der Waals surface area contributed by atoms with E-state index in [1.54, 1.807) is 11.3 Å². The molecule has 2 aliphatic rings. The molecule has 0 radical (unpaired) electrons. The molecule has 3 rings (SSSR count). The lowest BCUT2D eigenvalue weighted by molar-refractivity contribution is 0.0195. The van der Waals surface area contributed by atoms with E-state index in [-0.39, 0.29) is 24.0 Å². The van der Waals surface area contributed by atoms with E-state index >= 15 is 0 Å². The summed E-state index contributed by atoms with van der Waals surface area (Å²) >= 11 is 1.77. The highest BCUT2D eigenvalue weighted by Crippen LogP contribution is 2.19. The SMILES string of the molecule is CN=C(NCC(C)c1ccsc1)N1CCC(N2CCOCC2)C1.I. The van der Waals surface area contributed by atoms with Crippen LogP contribution in [-0.4, -0.2) is 74.8 Å². The molecule has 0 aromatic carbocycles. The molecular weight excluding hydrogens is 435 g/mol. The average Bonchev–Trinajstić information content (AvgIpc) is 3.28. The number of morpholine rings is 1. The summed E-state index contributed by atoms with van der Waals surface area (Å²) in [5.74, 6) is 1.55. The van der Waals surface area contributed by atoms with E-state index in [1.165, 1.54) is 12.0 Å². The smallest absolute Gasteiger partial charge is 0.193 e. The number of rotatable bonds is 4. The molecular formula is C17H29IN4OS. The Morgan fingerprint density at radius 2 is 2.21 bits per heavy atom. The zero-order valence-electron chi connectivity index (χ0n) is 14.6. The van der Waals surface area contributed by atoms with E-state index in [0.29, 0.717) is 12.0 Å². The number of nitrogens with one attached hydrogen (secondary N) is 1. The van der Waals surface area contributed by atoms with Crippen molar-refractivity contribution in [1.82, 2.24) is 15.1 Å². The molecule has 0 amide bonds. The van der Waals surface area contributed by atoms with E-state index in [4.69, 9.17) is 4.74 Å². The molecule has 0 saturated carbocycles. The summed E-state index contributed by atoms with van der Waals surface area (Å²) in [6.45, 7) is 9.26. The lowest BCUT2D eigenvalue weighted by atomic mass is 10.1. The topological polar surface area (TPSA) is 40.1 Å². The maximum Gasteiger partial charge on any atom is 0.193 e. The van der Waals surface area contributed by atoms with Crippen molar-refractivity contribution in [2.45, 2.75) is 25.3 Å². The first-order valence-electron chi connectivity index (χ1n) is 8.57. The fourth-order valence-electron chi connectivity index (χ4n) is 3.42. The third-order valence-corrected chi connectivity index (χ3v) is 5.62. The van der Waals surface area contributed by atoms with Crippen molar-refractivity contribution in [3.8, 4) is 0 Å². The van der Waals surface area contributed by atoms with Crippen molar-refractivity contribution in [2.75, 3.05) is 53.0 Å². The predicted molar refractivity (Wildman–Crippen MR) is 112 cm³/mol. The Kier molecular flexibility index (Phi) is 8.25. The van der Waals surface area contributed by atoms with Gasteiger partial charge >= 0.3 is 0 Å². The summed E-state index contributed by atoms with van der Waals surface area (Å²) in [7, 11) is 1.89. The number of likely N-dealkylation sites (tertiary alicyclic amines) is 1. The van der Waals surface area contributed by atoms with Gasteiger partial charge in [0.05, 0.1) is 13.2 Å². The number of aliphatic imine (C=N–C) groups is 1. The van der Waals surface area contributed by atoms with Gasteiger partial charge in [-0.25, -0.2) is 0 Å². The normalized spacial score (nSPS) is 23.8. The Hall–Kier alpha value is -0.380. The van der Waals surface area contributed by atoms with E-state index in [2.05, 4.69) is 43.9 Å². The van der Waals surface area contributed by atoms with Crippen LogP contribution in [0.15, 0.2) is 21.8 Å². The molecule has 1 N–H and O–H groups in total. The molecule has 24 heavy (non-hydrogen) atoms. The lowest BCUT2D eigenvalue weighted by Crippen LogP contribution is -2.47. The number of nitrogens with zero attached hydrogens (tertiary/aromatic N) is 3. The highest BCUT2D eigenvalue weighted by Gasteiger charge is 2.30. The van der Waals surface area contributed by atoms with Crippen LogP contribution in [0.25, 0.3) is 0 Å². The monoisotopic (exact) mass is 464 g/mol. The Labute approximate surface area is 166 Å². The molecule has 7 heteroatoms. The van der Waals surface area contributed by atoms with E-state index in [9.17, 15) is 0 Å². The van der Waals surface area contributed by atoms with Crippen LogP contribution in [0.2, 0.25) is 0 Å². The molecule has 0 spiro atoms. The number of ether oxygens (including phenoxy) is 1. The Morgan fingerprint density at radius 1 is 1.42 bits per heavy atom. The maximum atomic E-state index is 5.46. The van der Waals surface area contributed by atoms with Crippen LogP contribution >= 0.6 is 35.3 Å². The van der Waals surface area contributed by atoms with Crippen LogP contribution in [-0.2, 0) is 4.74 Å². The minimum Gasteiger partial charge on any atom is -0.379 e. The number of hydrogen-bond donors (Lipinski definition) is 1. The van der Waals surface area contributed by atoms with E-state index in [0.717, 1.165) is 51.9 Å². The minimum absolute atomic E-state index is 0. The second-order valence-electron chi connectivity index (χ2n) is 6.42. The van der Waals surface area contributed by atoms with Gasteiger partial charge in [0.25, 0.3) is 0 Å². The molecule has 1 aromatic rings. The third kappa shape index (κ3) is 5.06. The summed E-state index contributed by atoms with van der Waals surface area (Å²) in [6, 6.07) is 2.86. The van der Waals surface area contributed by atoms with Gasteiger partial charge < -0.3 is 15.0 Å². The quantitative estimate of drug-likeness (QED) is 0.422. The van der Waals surface area contributed by atoms with Gasteiger partial charge in [0.15, 0.2) is 5.96 Å². The molecule has 0 bridgehead atoms. The van der Waals surface area contributed by atoms with Gasteiger partial charge in [0.1, 0.15) is 0 Å². The zero-order valence-corrected chi connectivity index (χ0v) is 17.8. The van der Waals surface area contributed by atoms with Crippen LogP contribution in [0.5, 0.6) is 0 Å². The Bertz CT molecular complexity index is 505. The summed E-state index contributed by atoms with van der Waals surface area (Å²) in [4.78, 5) is 9.47. The average molecular weight is 464 g/mol. The number of halogens is 1. The van der Waals surface area contributed by atoms with Crippen molar-refractivity contribution in [3.63, 3.8) is 0 Å². The van der Waals surface area contributed by atoms with Gasteiger partial charge in [0, 0.05) is 45.8 Å². The van der Waals surface area contributed by atoms with Gasteiger partial charge in [-0.1, -0.05) is 6.92 Å². The third-order valence-electron chi connectivity index (χ3n) is 4.92. The molecule has 5 nitrogen and oxygen atoms in total. The van der Waals surface area contributed by atoms with Gasteiger partial charge in [-0.3, -0.25) is 9.89 Å². The fraction of sp³-hybridized carbons (Fsp3) is 0.706. The predicted octanol–water partition coefficient (Wildman–Crippen LogP) is 2.45. The van der Waals surface area contributed by atoms with Crippen LogP contribution in [0.3, 0.4) is 0 Å². The first-order chi connectivity index (χ1) is 11.3. The molecule has 2 fully saturated rings. The van der Waals surface area contributed by atoms with Crippen molar-refractivity contribution < 1.29 is 4.74 Å². The largest absolute Gasteiger partial charge is 0.379 e. The molecule has 2 saturated heterocycles. The number of guanidine groups is 1. The van der Waals surface area contributed by atoms with Crippen molar-refractivity contribution in [3.05, 3.63) is 22.4 Å². The van der Waals surface area contributed by atoms with E-state index < -0.39 is 0 Å². The Morgan fingerprint density at radius 3 is 2.88 bits per heavy atom. The molecule has 1 aromatic heterocycles. The van der Waals surface area contributed by atoms with Crippen molar-refractivity contribution in [2.24, 2.45) is 4.99 Å². The number of hydrogen-bond acceptors (Lipinski definition) is 4. The fourth-order valence-corrected chi connectivity index (χ4v) is 4.21. The summed E-state index contributed by atoms with van der Waals surface area (Å²) in [5.41, 5.74) is 1.41. The Balaban J connectivity index is 0.00000208. The van der Waals surface area contributed by atoms with Crippen molar-refractivity contribution in [1.29, 1.82) is 0 Å². The first-order valence-corrected chi connectivity index (χ1v) is 9.51. The van der Waals surface area contributed by atoms with Gasteiger partial charge in [0.2, 0.25) is 0 Å². The molecule has 2 unspecified atom stereocenters. The molecule has 2 aliphatic heterocycles. The highest BCUT2D eigenvalue weighted by atomic mass is 127. The van der Waals surface area contributed by atoms with Crippen LogP contribution in [0, 0.1) is 0 Å². The van der Waals surface area contributed by atoms with Crippen LogP contribution in [0.4, 0.5) is 0 Å². The molecule has 136 valence electrons. The second-order valence-corrected chi connectivity index (χ2v) is 7.20. The van der Waals surface area contributed by atoms with Crippen LogP contribution < -0.4 is 5.32 Å². The van der Waals surface area contributed by atoms with Crippen LogP contribution in [0.1, 0.15) is 24.8 Å². The van der Waals surface area contributed by atoms with Gasteiger partial charge in [-0.05, 0) is 34.7 Å². The van der Waals surface area contributed by atoms with E-state index in [1.807, 2.05) is 7.05 Å². The summed E-state index contributed by atoms with van der Waals surface area (Å²) in [5, 5.41) is 7.94. The molecule has 3 heterocycles. The lowest BCUT2D eigenvalue weighted by Gasteiger charge is -2.32. The summed E-state index contributed by atoms with van der Waals surface area (Å²) in [6.07, 6.45) is 1.22. The summed E-state index contributed by atoms with van der Waals surface area (Å²) < 4.78 is 5.46. The minimum atomic E-state index is 0. The molecule has 0 aliphatic carbocycles. The molecule has 2 atom stereocenters. The zero-order chi connectivity index (χ0) is 16.1. The number of thiophene rings is 1. The second kappa shape index (κ2) is 9.94. The first kappa shape index (κ1) is 19.9. The maximum absolute atomic E-state index is 5.46. The highest BCUT2D eigenvalue weighted by molar-refractivity contribution is 14.0. The van der Waals surface area contributed by atoms with Gasteiger partial charge in [-0.2, -0.15) is 11.3 Å². The van der Waals surface area contributed by atoms with Gasteiger partial charge in [-0.15, -0.1) is 24.0 Å². The standard InChI is InChI=1S/C17H28N4OS.HI/c1-14(15-4-10-23-13-15)11-19-17(18-2)21-5-3-16(12-21)20-6-8-22-9-7-20;/h4,10,13-14,16H,3,5-9,11-12H2,1-2H3,(H,18,19);1H.